The van der Waals surface area contributed by atoms with Crippen LogP contribution in [0.3, 0.4) is 0 Å². The molecule has 0 amide bonds. The van der Waals surface area contributed by atoms with Gasteiger partial charge < -0.3 is 14.2 Å². The number of fused-ring (bicyclic) bond motifs is 4. The van der Waals surface area contributed by atoms with Crippen molar-refractivity contribution in [2.45, 2.75) is 13.0 Å². The number of nitrogens with zero attached hydrogens (tertiary/aromatic N) is 3. The van der Waals surface area contributed by atoms with Gasteiger partial charge in [0.1, 0.15) is 22.4 Å². The zero-order chi connectivity index (χ0) is 18.5. The molecule has 0 unspecified atom stereocenters. The molecule has 4 aromatic rings. The first-order valence-corrected chi connectivity index (χ1v) is 9.32. The highest BCUT2D eigenvalue weighted by Gasteiger charge is 2.23. The molecule has 3 heterocycles. The Bertz CT molecular complexity index is 1190. The van der Waals surface area contributed by atoms with E-state index >= 15 is 0 Å². The maximum Gasteiger partial charge on any atom is 0.232 e. The monoisotopic (exact) mass is 378 g/mol. The summed E-state index contributed by atoms with van der Waals surface area (Å²) in [6, 6.07) is 7.91. The average molecular weight is 378 g/mol. The third-order valence-corrected chi connectivity index (χ3v) is 5.49. The molecule has 1 aliphatic heterocycles. The number of ether oxygens (including phenoxy) is 3. The van der Waals surface area contributed by atoms with Gasteiger partial charge in [0.05, 0.1) is 29.9 Å². The lowest BCUT2D eigenvalue weighted by Crippen LogP contribution is -2.25. The maximum atomic E-state index is 5.88. The van der Waals surface area contributed by atoms with Crippen LogP contribution in [0.25, 0.3) is 31.8 Å². The summed E-state index contributed by atoms with van der Waals surface area (Å²) in [7, 11) is 1.59. The minimum absolute atomic E-state index is 0.201. The molecule has 0 bridgehead atoms. The molecule has 2 aromatic carbocycles. The highest BCUT2D eigenvalue weighted by Crippen LogP contribution is 2.44. The SMILES string of the molecule is [CH2][C@@H]1COc2c(ccc3nc(-c4cc(C)cc5nc(OC)cnc45)sc23)O1. The summed E-state index contributed by atoms with van der Waals surface area (Å²) in [4.78, 5) is 13.9. The van der Waals surface area contributed by atoms with Gasteiger partial charge in [-0.3, -0.25) is 0 Å². The van der Waals surface area contributed by atoms with Crippen LogP contribution in [0.15, 0.2) is 30.5 Å². The molecular formula is C20H16N3O3S. The molecule has 2 aromatic heterocycles. The molecule has 27 heavy (non-hydrogen) atoms. The van der Waals surface area contributed by atoms with Crippen LogP contribution in [0.5, 0.6) is 17.4 Å². The van der Waals surface area contributed by atoms with Crippen LogP contribution in [0.4, 0.5) is 0 Å². The van der Waals surface area contributed by atoms with Gasteiger partial charge in [0.15, 0.2) is 11.5 Å². The van der Waals surface area contributed by atoms with Crippen LogP contribution in [0.2, 0.25) is 0 Å². The van der Waals surface area contributed by atoms with Gasteiger partial charge in [-0.25, -0.2) is 15.0 Å². The minimum Gasteiger partial charge on any atom is -0.484 e. The van der Waals surface area contributed by atoms with Crippen molar-refractivity contribution in [3.8, 4) is 28.0 Å². The summed E-state index contributed by atoms with van der Waals surface area (Å²) >= 11 is 1.56. The zero-order valence-electron chi connectivity index (χ0n) is 14.9. The number of hydrogen-bond donors (Lipinski definition) is 0. The molecule has 7 heteroatoms. The van der Waals surface area contributed by atoms with Crippen molar-refractivity contribution < 1.29 is 14.2 Å². The third-order valence-electron chi connectivity index (χ3n) is 4.39. The summed E-state index contributed by atoms with van der Waals surface area (Å²) in [6.45, 7) is 6.36. The van der Waals surface area contributed by atoms with Crippen molar-refractivity contribution in [2.75, 3.05) is 13.7 Å². The predicted octanol–water partition coefficient (Wildman–Crippen LogP) is 4.20. The normalized spacial score (nSPS) is 16.0. The van der Waals surface area contributed by atoms with Gasteiger partial charge in [-0.05, 0) is 43.7 Å². The molecule has 0 aliphatic carbocycles. The van der Waals surface area contributed by atoms with Crippen LogP contribution >= 0.6 is 11.3 Å². The van der Waals surface area contributed by atoms with E-state index in [1.807, 2.05) is 25.1 Å². The van der Waals surface area contributed by atoms with E-state index in [0.29, 0.717) is 18.2 Å². The first kappa shape index (κ1) is 16.3. The Kier molecular flexibility index (Phi) is 3.65. The van der Waals surface area contributed by atoms with Crippen molar-refractivity contribution in [1.29, 1.82) is 0 Å². The van der Waals surface area contributed by atoms with Crippen molar-refractivity contribution in [3.63, 3.8) is 0 Å². The Morgan fingerprint density at radius 1 is 1.22 bits per heavy atom. The summed E-state index contributed by atoms with van der Waals surface area (Å²) in [5.74, 6) is 1.94. The molecule has 5 rings (SSSR count). The van der Waals surface area contributed by atoms with E-state index in [4.69, 9.17) is 19.2 Å². The molecule has 0 saturated heterocycles. The molecule has 0 fully saturated rings. The molecule has 0 spiro atoms. The fraction of sp³-hybridized carbons (Fsp3) is 0.200. The number of aromatic nitrogens is 3. The summed E-state index contributed by atoms with van der Waals surface area (Å²) in [5, 5.41) is 0.868. The summed E-state index contributed by atoms with van der Waals surface area (Å²) in [6.07, 6.45) is 1.43. The van der Waals surface area contributed by atoms with Crippen LogP contribution in [0, 0.1) is 13.8 Å². The van der Waals surface area contributed by atoms with E-state index in [1.54, 1.807) is 24.6 Å². The Balaban J connectivity index is 1.72. The van der Waals surface area contributed by atoms with Gasteiger partial charge in [0.25, 0.3) is 0 Å². The minimum atomic E-state index is -0.201. The summed E-state index contributed by atoms with van der Waals surface area (Å²) in [5.41, 5.74) is 4.48. The highest BCUT2D eigenvalue weighted by molar-refractivity contribution is 7.22. The number of rotatable bonds is 2. The highest BCUT2D eigenvalue weighted by atomic mass is 32.1. The number of benzene rings is 2. The number of aryl methyl sites for hydroxylation is 1. The Morgan fingerprint density at radius 2 is 2.11 bits per heavy atom. The van der Waals surface area contributed by atoms with Gasteiger partial charge >= 0.3 is 0 Å². The van der Waals surface area contributed by atoms with Crippen molar-refractivity contribution in [2.24, 2.45) is 0 Å². The predicted molar refractivity (Wildman–Crippen MR) is 105 cm³/mol. The van der Waals surface area contributed by atoms with Gasteiger partial charge in [0, 0.05) is 5.56 Å². The van der Waals surface area contributed by atoms with E-state index in [0.717, 1.165) is 43.1 Å². The second-order valence-corrected chi connectivity index (χ2v) is 7.40. The average Bonchev–Trinajstić information content (AvgIpc) is 3.11. The lowest BCUT2D eigenvalue weighted by molar-refractivity contribution is 0.123. The molecule has 6 nitrogen and oxygen atoms in total. The second kappa shape index (κ2) is 6.06. The molecule has 135 valence electrons. The lowest BCUT2D eigenvalue weighted by Gasteiger charge is -2.23. The first-order valence-electron chi connectivity index (χ1n) is 8.50. The van der Waals surface area contributed by atoms with E-state index in [-0.39, 0.29) is 6.10 Å². The number of thiazole rings is 1. The van der Waals surface area contributed by atoms with E-state index in [1.165, 1.54) is 0 Å². The van der Waals surface area contributed by atoms with Crippen LogP contribution in [0.1, 0.15) is 5.56 Å². The fourth-order valence-electron chi connectivity index (χ4n) is 3.19. The summed E-state index contributed by atoms with van der Waals surface area (Å²) < 4.78 is 17.8. The maximum absolute atomic E-state index is 5.88. The smallest absolute Gasteiger partial charge is 0.232 e. The second-order valence-electron chi connectivity index (χ2n) is 6.40. The third kappa shape index (κ3) is 2.66. The Hall–Kier alpha value is -2.93. The fourth-order valence-corrected chi connectivity index (χ4v) is 4.27. The van der Waals surface area contributed by atoms with Gasteiger partial charge in [-0.1, -0.05) is 0 Å². The molecule has 1 radical (unpaired) electrons. The standard InChI is InChI=1S/C20H16N3O3S/c1-10-6-12(17-14(7-10)22-16(24-3)8-21-17)20-23-13-4-5-15-18(19(13)27-20)25-9-11(2)26-15/h4-8,11H,2,9H2,1,3H3/t11-/m1/s1. The lowest BCUT2D eigenvalue weighted by atomic mass is 10.1. The van der Waals surface area contributed by atoms with Crippen LogP contribution in [-0.4, -0.2) is 34.8 Å². The van der Waals surface area contributed by atoms with Crippen molar-refractivity contribution in [1.82, 2.24) is 15.0 Å². The first-order chi connectivity index (χ1) is 13.1. The van der Waals surface area contributed by atoms with E-state index in [9.17, 15) is 0 Å². The van der Waals surface area contributed by atoms with Crippen molar-refractivity contribution >= 4 is 32.6 Å². The molecule has 1 aliphatic rings. The van der Waals surface area contributed by atoms with Gasteiger partial charge in [-0.2, -0.15) is 0 Å². The van der Waals surface area contributed by atoms with Crippen LogP contribution < -0.4 is 14.2 Å². The quantitative estimate of drug-likeness (QED) is 0.521. The van der Waals surface area contributed by atoms with E-state index < -0.39 is 0 Å². The van der Waals surface area contributed by atoms with Gasteiger partial charge in [0.2, 0.25) is 5.88 Å². The van der Waals surface area contributed by atoms with E-state index in [2.05, 4.69) is 23.0 Å². The molecule has 1 atom stereocenters. The van der Waals surface area contributed by atoms with Gasteiger partial charge in [-0.15, -0.1) is 11.3 Å². The molecular weight excluding hydrogens is 362 g/mol. The molecule has 0 saturated carbocycles. The molecule has 0 N–H and O–H groups in total. The Labute approximate surface area is 159 Å². The zero-order valence-corrected chi connectivity index (χ0v) is 15.7. The largest absolute Gasteiger partial charge is 0.484 e. The number of hydrogen-bond acceptors (Lipinski definition) is 7. The topological polar surface area (TPSA) is 66.4 Å². The number of methoxy groups -OCH3 is 1. The van der Waals surface area contributed by atoms with Crippen LogP contribution in [-0.2, 0) is 0 Å². The van der Waals surface area contributed by atoms with Crippen molar-refractivity contribution in [3.05, 3.63) is 42.9 Å². The Morgan fingerprint density at radius 3 is 2.96 bits per heavy atom.